The van der Waals surface area contributed by atoms with E-state index in [0.29, 0.717) is 15.6 Å². The van der Waals surface area contributed by atoms with Gasteiger partial charge in [-0.25, -0.2) is 0 Å². The van der Waals surface area contributed by atoms with Crippen LogP contribution in [0.3, 0.4) is 0 Å². The summed E-state index contributed by atoms with van der Waals surface area (Å²) in [5, 5.41) is 5.38. The Morgan fingerprint density at radius 1 is 1.20 bits per heavy atom. The molecule has 0 radical (unpaired) electrons. The van der Waals surface area contributed by atoms with Crippen molar-refractivity contribution in [2.75, 3.05) is 0 Å². The second-order valence-corrected chi connectivity index (χ2v) is 8.07. The van der Waals surface area contributed by atoms with Gasteiger partial charge in [-0.3, -0.25) is 4.79 Å². The van der Waals surface area contributed by atoms with E-state index in [1.165, 1.54) is 0 Å². The van der Waals surface area contributed by atoms with Crippen LogP contribution in [0.2, 0.25) is 10.0 Å². The highest BCUT2D eigenvalue weighted by Gasteiger charge is 2.46. The van der Waals surface area contributed by atoms with Crippen LogP contribution in [0.25, 0.3) is 0 Å². The summed E-state index contributed by atoms with van der Waals surface area (Å²) in [6, 6.07) is 11.0. The Morgan fingerprint density at radius 2 is 1.84 bits per heavy atom. The number of oxime groups is 1. The van der Waals surface area contributed by atoms with Gasteiger partial charge in [0.05, 0.1) is 0 Å². The van der Waals surface area contributed by atoms with Crippen LogP contribution in [0.5, 0.6) is 0 Å². The fourth-order valence-corrected chi connectivity index (χ4v) is 4.18. The van der Waals surface area contributed by atoms with Crippen molar-refractivity contribution in [3.8, 4) is 0 Å². The molecule has 3 nitrogen and oxygen atoms in total. The lowest BCUT2D eigenvalue weighted by Crippen LogP contribution is -2.34. The first-order valence-corrected chi connectivity index (χ1v) is 9.38. The summed E-state index contributed by atoms with van der Waals surface area (Å²) in [7, 11) is 0. The van der Waals surface area contributed by atoms with Crippen LogP contribution in [0.15, 0.2) is 41.6 Å². The van der Waals surface area contributed by atoms with Gasteiger partial charge in [0.1, 0.15) is 10.5 Å². The number of carbonyl (C=O) groups is 1. The summed E-state index contributed by atoms with van der Waals surface area (Å²) in [5.41, 5.74) is 3.38. The van der Waals surface area contributed by atoms with Gasteiger partial charge < -0.3 is 4.84 Å². The van der Waals surface area contributed by atoms with E-state index in [9.17, 15) is 4.79 Å². The van der Waals surface area contributed by atoms with Crippen LogP contribution in [-0.4, -0.2) is 16.3 Å². The summed E-state index contributed by atoms with van der Waals surface area (Å²) in [6.07, 6.45) is 0. The third-order valence-electron chi connectivity index (χ3n) is 4.39. The van der Waals surface area contributed by atoms with E-state index in [0.717, 1.165) is 22.4 Å². The zero-order chi connectivity index (χ0) is 18.4. The molecule has 0 saturated heterocycles. The second-order valence-electron chi connectivity index (χ2n) is 6.28. The fraction of sp³-hybridized carbons (Fsp3) is 0.263. The van der Waals surface area contributed by atoms with Gasteiger partial charge >= 0.3 is 0 Å². The Balaban J connectivity index is 1.97. The molecule has 25 heavy (non-hydrogen) atoms. The van der Waals surface area contributed by atoms with Gasteiger partial charge in [-0.1, -0.05) is 56.4 Å². The van der Waals surface area contributed by atoms with Crippen LogP contribution in [0.1, 0.15) is 40.9 Å². The number of alkyl halides is 1. The van der Waals surface area contributed by atoms with Crippen molar-refractivity contribution in [3.05, 3.63) is 68.7 Å². The highest BCUT2D eigenvalue weighted by molar-refractivity contribution is 9.10. The number of aryl methyl sites for hydroxylation is 1. The number of Topliss-reactive ketones (excluding diaryl/α,β-unsaturated/α-hetero) is 1. The molecule has 0 bridgehead atoms. The molecule has 0 aliphatic carbocycles. The minimum absolute atomic E-state index is 0.0439. The second kappa shape index (κ2) is 6.75. The third kappa shape index (κ3) is 3.35. The highest BCUT2D eigenvalue weighted by atomic mass is 79.9. The molecule has 0 saturated carbocycles. The van der Waals surface area contributed by atoms with Crippen LogP contribution in [0.4, 0.5) is 0 Å². The molecule has 2 aromatic carbocycles. The SMILES string of the molecule is CC(=O)c1ccc(C2=NOC(C)(c3cc(Cl)cc(Cl)c3)C2Br)cc1C. The van der Waals surface area contributed by atoms with E-state index in [2.05, 4.69) is 21.1 Å². The number of hydrogen-bond donors (Lipinski definition) is 0. The molecule has 0 spiro atoms. The molecule has 0 aromatic heterocycles. The number of nitrogens with zero attached hydrogens (tertiary/aromatic N) is 1. The molecule has 2 aromatic rings. The standard InChI is InChI=1S/C19H16BrCl2NO2/c1-10-6-12(4-5-16(10)11(2)24)17-18(20)19(3,25-23-17)13-7-14(21)9-15(22)8-13/h4-9,18H,1-3H3. The molecule has 0 fully saturated rings. The third-order valence-corrected chi connectivity index (χ3v) is 6.14. The van der Waals surface area contributed by atoms with Gasteiger partial charge in [0.2, 0.25) is 0 Å². The summed E-state index contributed by atoms with van der Waals surface area (Å²) >= 11 is 16.0. The number of ketones is 1. The predicted molar refractivity (Wildman–Crippen MR) is 105 cm³/mol. The number of benzene rings is 2. The van der Waals surface area contributed by atoms with Gasteiger partial charge in [0.15, 0.2) is 11.4 Å². The maximum atomic E-state index is 11.6. The molecule has 1 heterocycles. The van der Waals surface area contributed by atoms with Crippen LogP contribution < -0.4 is 0 Å². The van der Waals surface area contributed by atoms with Crippen molar-refractivity contribution < 1.29 is 9.63 Å². The van der Waals surface area contributed by atoms with Gasteiger partial charge in [-0.15, -0.1) is 0 Å². The van der Waals surface area contributed by atoms with E-state index >= 15 is 0 Å². The summed E-state index contributed by atoms with van der Waals surface area (Å²) in [6.45, 7) is 5.41. The van der Waals surface area contributed by atoms with E-state index in [-0.39, 0.29) is 10.6 Å². The van der Waals surface area contributed by atoms with E-state index in [1.807, 2.05) is 44.2 Å². The Morgan fingerprint density at radius 3 is 2.40 bits per heavy atom. The normalized spacial score (nSPS) is 22.5. The lowest BCUT2D eigenvalue weighted by atomic mass is 9.88. The maximum absolute atomic E-state index is 11.6. The topological polar surface area (TPSA) is 38.7 Å². The number of rotatable bonds is 3. The molecule has 0 N–H and O–H groups in total. The van der Waals surface area contributed by atoms with E-state index in [1.54, 1.807) is 13.0 Å². The van der Waals surface area contributed by atoms with Crippen LogP contribution in [0, 0.1) is 6.92 Å². The number of hydrogen-bond acceptors (Lipinski definition) is 3. The van der Waals surface area contributed by atoms with Gasteiger partial charge in [-0.05, 0) is 50.6 Å². The molecular formula is C19H16BrCl2NO2. The lowest BCUT2D eigenvalue weighted by molar-refractivity contribution is -0.00304. The largest absolute Gasteiger partial charge is 0.383 e. The first-order valence-electron chi connectivity index (χ1n) is 7.71. The van der Waals surface area contributed by atoms with Gasteiger partial charge in [0.25, 0.3) is 0 Å². The quantitative estimate of drug-likeness (QED) is 0.439. The van der Waals surface area contributed by atoms with Crippen molar-refractivity contribution in [2.24, 2.45) is 5.16 Å². The molecule has 2 unspecified atom stereocenters. The van der Waals surface area contributed by atoms with E-state index < -0.39 is 5.60 Å². The highest BCUT2D eigenvalue weighted by Crippen LogP contribution is 2.42. The molecule has 3 rings (SSSR count). The van der Waals surface area contributed by atoms with Crippen LogP contribution >= 0.6 is 39.1 Å². The summed E-state index contributed by atoms with van der Waals surface area (Å²) in [4.78, 5) is 17.2. The van der Waals surface area contributed by atoms with Gasteiger partial charge in [0, 0.05) is 26.7 Å². The van der Waals surface area contributed by atoms with Crippen molar-refractivity contribution >= 4 is 50.6 Å². The lowest BCUT2D eigenvalue weighted by Gasteiger charge is -2.26. The Hall–Kier alpha value is -1.36. The maximum Gasteiger partial charge on any atom is 0.178 e. The minimum atomic E-state index is -0.739. The molecule has 130 valence electrons. The first-order chi connectivity index (χ1) is 11.7. The van der Waals surface area contributed by atoms with Crippen molar-refractivity contribution in [3.63, 3.8) is 0 Å². The summed E-state index contributed by atoms with van der Waals surface area (Å²) in [5.74, 6) is 0.0439. The Kier molecular flexibility index (Phi) is 4.97. The van der Waals surface area contributed by atoms with Crippen molar-refractivity contribution in [2.45, 2.75) is 31.2 Å². The van der Waals surface area contributed by atoms with E-state index in [4.69, 9.17) is 28.0 Å². The number of carbonyl (C=O) groups excluding carboxylic acids is 1. The first kappa shape index (κ1) is 18.4. The monoisotopic (exact) mass is 439 g/mol. The van der Waals surface area contributed by atoms with Crippen LogP contribution in [-0.2, 0) is 10.4 Å². The molecule has 0 amide bonds. The smallest absolute Gasteiger partial charge is 0.178 e. The molecule has 6 heteroatoms. The molecule has 1 aliphatic rings. The van der Waals surface area contributed by atoms with Crippen molar-refractivity contribution in [1.29, 1.82) is 0 Å². The zero-order valence-electron chi connectivity index (χ0n) is 13.9. The minimum Gasteiger partial charge on any atom is -0.383 e. The predicted octanol–water partition coefficient (Wildman–Crippen LogP) is 5.92. The molecule has 1 aliphatic heterocycles. The fourth-order valence-electron chi connectivity index (χ4n) is 2.95. The average molecular weight is 441 g/mol. The molecular weight excluding hydrogens is 425 g/mol. The van der Waals surface area contributed by atoms with Gasteiger partial charge in [-0.2, -0.15) is 0 Å². The molecule has 2 atom stereocenters. The zero-order valence-corrected chi connectivity index (χ0v) is 17.0. The number of halogens is 3. The Bertz CT molecular complexity index is 877. The summed E-state index contributed by atoms with van der Waals surface area (Å²) < 4.78 is 0. The average Bonchev–Trinajstić information content (AvgIpc) is 2.83. The Labute approximate surface area is 165 Å². The van der Waals surface area contributed by atoms with Crippen molar-refractivity contribution in [1.82, 2.24) is 0 Å².